The molecule has 0 spiro atoms. The van der Waals surface area contributed by atoms with Crippen LogP contribution in [0.15, 0.2) is 24.3 Å². The van der Waals surface area contributed by atoms with Gasteiger partial charge >= 0.3 is 6.09 Å². The van der Waals surface area contributed by atoms with E-state index in [9.17, 15) is 9.59 Å². The third-order valence-corrected chi connectivity index (χ3v) is 3.18. The Bertz CT molecular complexity index is 738. The second-order valence-electron chi connectivity index (χ2n) is 6.27. The molecule has 0 aliphatic rings. The molecule has 9 heteroatoms. The number of amides is 2. The molecule has 2 N–H and O–H groups in total. The third kappa shape index (κ3) is 5.20. The molecule has 9 nitrogen and oxygen atoms in total. The molecule has 0 aliphatic heterocycles. The van der Waals surface area contributed by atoms with Crippen molar-refractivity contribution < 1.29 is 14.3 Å². The molecule has 0 aliphatic carbocycles. The maximum Gasteiger partial charge on any atom is 0.407 e. The van der Waals surface area contributed by atoms with Gasteiger partial charge in [-0.1, -0.05) is 20.8 Å². The van der Waals surface area contributed by atoms with Crippen molar-refractivity contribution in [2.75, 3.05) is 12.4 Å². The predicted octanol–water partition coefficient (Wildman–Crippen LogP) is 1.77. The van der Waals surface area contributed by atoms with Crippen LogP contribution in [0, 0.1) is 5.41 Å². The average molecular weight is 344 g/mol. The van der Waals surface area contributed by atoms with Crippen molar-refractivity contribution in [2.24, 2.45) is 5.41 Å². The Labute approximate surface area is 145 Å². The summed E-state index contributed by atoms with van der Waals surface area (Å²) in [6, 6.07) is 7.05. The summed E-state index contributed by atoms with van der Waals surface area (Å²) in [5, 5.41) is 21.0. The minimum Gasteiger partial charge on any atom is -0.453 e. The van der Waals surface area contributed by atoms with E-state index in [1.807, 2.05) is 20.8 Å². The summed E-state index contributed by atoms with van der Waals surface area (Å²) in [7, 11) is 1.27. The number of alkyl carbamates (subject to hydrolysis) is 1. The number of nitrogens with one attached hydrogen (secondary N) is 2. The summed E-state index contributed by atoms with van der Waals surface area (Å²) in [6.45, 7) is 5.61. The highest BCUT2D eigenvalue weighted by Gasteiger charge is 2.21. The van der Waals surface area contributed by atoms with Gasteiger partial charge in [0.2, 0.25) is 11.7 Å². The molecule has 0 atom stereocenters. The largest absolute Gasteiger partial charge is 0.453 e. The zero-order valence-corrected chi connectivity index (χ0v) is 14.5. The zero-order chi connectivity index (χ0) is 18.4. The molecule has 1 aromatic carbocycles. The molecule has 0 radical (unpaired) electrons. The first-order chi connectivity index (χ1) is 11.8. The van der Waals surface area contributed by atoms with Crippen molar-refractivity contribution in [3.63, 3.8) is 0 Å². The second-order valence-corrected chi connectivity index (χ2v) is 6.27. The molecule has 1 aromatic heterocycles. The Morgan fingerprint density at radius 2 is 1.64 bits per heavy atom. The molecule has 2 rings (SSSR count). The maximum atomic E-state index is 12.0. The van der Waals surface area contributed by atoms with Crippen molar-refractivity contribution in [1.29, 1.82) is 0 Å². The van der Waals surface area contributed by atoms with E-state index in [0.29, 0.717) is 17.1 Å². The second kappa shape index (κ2) is 7.65. The molecule has 2 amide bonds. The van der Waals surface area contributed by atoms with Gasteiger partial charge in [0.15, 0.2) is 5.82 Å². The molecule has 25 heavy (non-hydrogen) atoms. The molecule has 0 bridgehead atoms. The average Bonchev–Trinajstić information content (AvgIpc) is 2.60. The minimum absolute atomic E-state index is 0.0673. The quantitative estimate of drug-likeness (QED) is 0.867. The minimum atomic E-state index is -0.583. The van der Waals surface area contributed by atoms with Crippen LogP contribution in [-0.4, -0.2) is 39.5 Å². The van der Waals surface area contributed by atoms with Crippen LogP contribution in [0.2, 0.25) is 0 Å². The van der Waals surface area contributed by atoms with Gasteiger partial charge in [-0.3, -0.25) is 4.79 Å². The van der Waals surface area contributed by atoms with Crippen LogP contribution < -0.4 is 10.6 Å². The lowest BCUT2D eigenvalue weighted by atomic mass is 9.95. The number of rotatable bonds is 4. The van der Waals surface area contributed by atoms with Gasteiger partial charge in [-0.25, -0.2) is 4.79 Å². The van der Waals surface area contributed by atoms with Gasteiger partial charge < -0.3 is 15.4 Å². The number of anilines is 1. The maximum absolute atomic E-state index is 12.0. The monoisotopic (exact) mass is 344 g/mol. The topological polar surface area (TPSA) is 119 Å². The van der Waals surface area contributed by atoms with Gasteiger partial charge in [-0.15, -0.1) is 20.4 Å². The number of nitrogens with zero attached hydrogens (tertiary/aromatic N) is 4. The van der Waals surface area contributed by atoms with Crippen molar-refractivity contribution in [3.05, 3.63) is 30.1 Å². The molecule has 0 saturated carbocycles. The number of carbonyl (C=O) groups is 2. The highest BCUT2D eigenvalue weighted by atomic mass is 16.5. The van der Waals surface area contributed by atoms with Crippen LogP contribution in [0.4, 0.5) is 10.5 Å². The summed E-state index contributed by atoms with van der Waals surface area (Å²) >= 11 is 0. The van der Waals surface area contributed by atoms with Crippen LogP contribution in [-0.2, 0) is 16.1 Å². The van der Waals surface area contributed by atoms with Gasteiger partial charge in [0, 0.05) is 16.7 Å². The third-order valence-electron chi connectivity index (χ3n) is 3.18. The number of benzene rings is 1. The van der Waals surface area contributed by atoms with Gasteiger partial charge in [0.25, 0.3) is 0 Å². The summed E-state index contributed by atoms with van der Waals surface area (Å²) in [5.41, 5.74) is 0.925. The fourth-order valence-electron chi connectivity index (χ4n) is 1.68. The molecular weight excluding hydrogens is 324 g/mol. The van der Waals surface area contributed by atoms with Gasteiger partial charge in [0.1, 0.15) is 0 Å². The summed E-state index contributed by atoms with van der Waals surface area (Å²) < 4.78 is 4.45. The number of carbonyl (C=O) groups excluding carboxylic acids is 2. The standard InChI is InChI=1S/C16H20N6O3/c1-16(2,3)14(23)18-11-7-5-10(6-8-11)13-21-19-12(20-22-13)9-17-15(24)25-4/h5-8H,9H2,1-4H3,(H,17,24)(H,18,23). The fraction of sp³-hybridized carbons (Fsp3) is 0.375. The van der Waals surface area contributed by atoms with E-state index in [2.05, 4.69) is 35.8 Å². The summed E-state index contributed by atoms with van der Waals surface area (Å²) in [5.74, 6) is 0.543. The molecule has 0 fully saturated rings. The van der Waals surface area contributed by atoms with Crippen LogP contribution in [0.1, 0.15) is 26.6 Å². The number of aromatic nitrogens is 4. The van der Waals surface area contributed by atoms with Crippen LogP contribution in [0.5, 0.6) is 0 Å². The Morgan fingerprint density at radius 3 is 2.16 bits per heavy atom. The van der Waals surface area contributed by atoms with Crippen LogP contribution in [0.25, 0.3) is 11.4 Å². The molecule has 2 aromatic rings. The number of hydrogen-bond donors (Lipinski definition) is 2. The van der Waals surface area contributed by atoms with E-state index in [1.54, 1.807) is 24.3 Å². The number of ether oxygens (including phenoxy) is 1. The van der Waals surface area contributed by atoms with Crippen LogP contribution in [0.3, 0.4) is 0 Å². The highest BCUT2D eigenvalue weighted by Crippen LogP contribution is 2.20. The van der Waals surface area contributed by atoms with Crippen molar-refractivity contribution in [3.8, 4) is 11.4 Å². The smallest absolute Gasteiger partial charge is 0.407 e. The zero-order valence-electron chi connectivity index (χ0n) is 14.5. The van der Waals surface area contributed by atoms with Crippen molar-refractivity contribution in [1.82, 2.24) is 25.7 Å². The van der Waals surface area contributed by atoms with E-state index in [1.165, 1.54) is 7.11 Å². The first-order valence-electron chi connectivity index (χ1n) is 7.59. The number of hydrogen-bond acceptors (Lipinski definition) is 7. The van der Waals surface area contributed by atoms with E-state index in [4.69, 9.17) is 0 Å². The molecule has 0 saturated heterocycles. The molecule has 132 valence electrons. The van der Waals surface area contributed by atoms with Gasteiger partial charge in [0.05, 0.1) is 13.7 Å². The Hall–Kier alpha value is -3.10. The van der Waals surface area contributed by atoms with E-state index < -0.39 is 11.5 Å². The highest BCUT2D eigenvalue weighted by molar-refractivity contribution is 5.94. The van der Waals surface area contributed by atoms with Gasteiger partial charge in [-0.2, -0.15) is 0 Å². The Morgan fingerprint density at radius 1 is 1.04 bits per heavy atom. The lowest BCUT2D eigenvalue weighted by Crippen LogP contribution is -2.27. The molecular formula is C16H20N6O3. The van der Waals surface area contributed by atoms with E-state index in [-0.39, 0.29) is 18.3 Å². The lowest BCUT2D eigenvalue weighted by Gasteiger charge is -2.17. The lowest BCUT2D eigenvalue weighted by molar-refractivity contribution is -0.123. The SMILES string of the molecule is COC(=O)NCc1nnc(-c2ccc(NC(=O)C(C)(C)C)cc2)nn1. The van der Waals surface area contributed by atoms with Crippen molar-refractivity contribution in [2.45, 2.75) is 27.3 Å². The van der Waals surface area contributed by atoms with Gasteiger partial charge in [-0.05, 0) is 24.3 Å². The first kappa shape index (κ1) is 18.2. The summed E-state index contributed by atoms with van der Waals surface area (Å²) in [6.07, 6.45) is -0.583. The van der Waals surface area contributed by atoms with E-state index in [0.717, 1.165) is 0 Å². The molecule has 1 heterocycles. The Kier molecular flexibility index (Phi) is 5.58. The van der Waals surface area contributed by atoms with Crippen LogP contribution >= 0.6 is 0 Å². The predicted molar refractivity (Wildman–Crippen MR) is 90.4 cm³/mol. The first-order valence-corrected chi connectivity index (χ1v) is 7.59. The van der Waals surface area contributed by atoms with Crippen molar-refractivity contribution >= 4 is 17.7 Å². The fourth-order valence-corrected chi connectivity index (χ4v) is 1.68. The molecule has 0 unspecified atom stereocenters. The number of methoxy groups -OCH3 is 1. The normalized spacial score (nSPS) is 10.9. The Balaban J connectivity index is 2.02. The summed E-state index contributed by atoms with van der Waals surface area (Å²) in [4.78, 5) is 22.9. The van der Waals surface area contributed by atoms with E-state index >= 15 is 0 Å².